The fourth-order valence-corrected chi connectivity index (χ4v) is 2.31. The number of ether oxygens (including phenoxy) is 1. The van der Waals surface area contributed by atoms with Crippen molar-refractivity contribution in [1.29, 1.82) is 0 Å². The summed E-state index contributed by atoms with van der Waals surface area (Å²) >= 11 is 0. The van der Waals surface area contributed by atoms with Crippen molar-refractivity contribution in [3.05, 3.63) is 23.8 Å². The fourth-order valence-electron chi connectivity index (χ4n) is 2.31. The van der Waals surface area contributed by atoms with Gasteiger partial charge in [0.2, 0.25) is 0 Å². The van der Waals surface area contributed by atoms with Gasteiger partial charge in [0.15, 0.2) is 0 Å². The summed E-state index contributed by atoms with van der Waals surface area (Å²) in [4.78, 5) is 11.3. The number of fused-ring (bicyclic) bond motifs is 1. The number of nitrogen functional groups attached to an aromatic ring is 1. The van der Waals surface area contributed by atoms with Crippen molar-refractivity contribution in [1.82, 2.24) is 0 Å². The van der Waals surface area contributed by atoms with E-state index in [1.54, 1.807) is 6.07 Å². The lowest BCUT2D eigenvalue weighted by Crippen LogP contribution is -2.41. The maximum atomic E-state index is 11.3. The molecule has 0 fully saturated rings. The zero-order valence-electron chi connectivity index (χ0n) is 10.0. The summed E-state index contributed by atoms with van der Waals surface area (Å²) in [5.74, 6) is -0.506. The van der Waals surface area contributed by atoms with Gasteiger partial charge >= 0.3 is 5.97 Å². The predicted octanol–water partition coefficient (Wildman–Crippen LogP) is 1.93. The van der Waals surface area contributed by atoms with Crippen LogP contribution in [-0.4, -0.2) is 17.2 Å². The first kappa shape index (κ1) is 11.8. The first-order chi connectivity index (χ1) is 8.00. The van der Waals surface area contributed by atoms with E-state index >= 15 is 0 Å². The molecule has 0 bridgehead atoms. The maximum absolute atomic E-state index is 11.3. The summed E-state index contributed by atoms with van der Waals surface area (Å²) in [6, 6.07) is 5.47. The number of rotatable bonds is 2. The summed E-state index contributed by atoms with van der Waals surface area (Å²) in [7, 11) is 0. The van der Waals surface area contributed by atoms with Crippen molar-refractivity contribution in [2.45, 2.75) is 26.4 Å². The number of carbonyl (C=O) groups is 1. The van der Waals surface area contributed by atoms with Gasteiger partial charge in [0, 0.05) is 0 Å². The molecule has 0 saturated heterocycles. The van der Waals surface area contributed by atoms with Gasteiger partial charge in [0.1, 0.15) is 11.9 Å². The quantitative estimate of drug-likeness (QED) is 0.768. The van der Waals surface area contributed by atoms with Crippen LogP contribution in [0.3, 0.4) is 0 Å². The highest BCUT2D eigenvalue weighted by Gasteiger charge is 2.37. The standard InChI is InChI=1S/C13H17NO3/c1-7(2)11-9(13(15)16)6-8-4-3-5-10(14)12(8)17-11/h3-5,7,9,11H,6,14H2,1-2H3,(H,15,16). The normalized spacial score (nSPS) is 23.0. The Morgan fingerprint density at radius 1 is 1.53 bits per heavy atom. The third kappa shape index (κ3) is 2.07. The summed E-state index contributed by atoms with van der Waals surface area (Å²) in [5.41, 5.74) is 7.32. The van der Waals surface area contributed by atoms with E-state index in [0.717, 1.165) is 5.56 Å². The fraction of sp³-hybridized carbons (Fsp3) is 0.462. The lowest BCUT2D eigenvalue weighted by molar-refractivity contribution is -0.146. The summed E-state index contributed by atoms with van der Waals surface area (Å²) < 4.78 is 5.79. The van der Waals surface area contributed by atoms with Gasteiger partial charge in [0.05, 0.1) is 11.6 Å². The Hall–Kier alpha value is -1.71. The van der Waals surface area contributed by atoms with Crippen LogP contribution in [0.4, 0.5) is 5.69 Å². The Morgan fingerprint density at radius 3 is 2.82 bits per heavy atom. The van der Waals surface area contributed by atoms with Crippen LogP contribution in [-0.2, 0) is 11.2 Å². The molecule has 4 heteroatoms. The van der Waals surface area contributed by atoms with Gasteiger partial charge < -0.3 is 15.6 Å². The van der Waals surface area contributed by atoms with Gasteiger partial charge in [-0.1, -0.05) is 26.0 Å². The van der Waals surface area contributed by atoms with Crippen LogP contribution in [0.25, 0.3) is 0 Å². The van der Waals surface area contributed by atoms with Crippen LogP contribution in [0.1, 0.15) is 19.4 Å². The highest BCUT2D eigenvalue weighted by Crippen LogP contribution is 2.37. The molecule has 0 saturated carbocycles. The molecule has 92 valence electrons. The largest absolute Gasteiger partial charge is 0.487 e. The van der Waals surface area contributed by atoms with E-state index in [2.05, 4.69) is 0 Å². The number of para-hydroxylation sites is 1. The summed E-state index contributed by atoms with van der Waals surface area (Å²) in [6.45, 7) is 3.93. The van der Waals surface area contributed by atoms with Crippen molar-refractivity contribution < 1.29 is 14.6 Å². The molecule has 0 spiro atoms. The average molecular weight is 235 g/mol. The molecule has 1 aliphatic rings. The number of hydrogen-bond donors (Lipinski definition) is 2. The third-order valence-corrected chi connectivity index (χ3v) is 3.19. The number of hydrogen-bond acceptors (Lipinski definition) is 3. The van der Waals surface area contributed by atoms with Crippen LogP contribution >= 0.6 is 0 Å². The molecule has 2 atom stereocenters. The lowest BCUT2D eigenvalue weighted by atomic mass is 9.85. The molecular formula is C13H17NO3. The zero-order valence-corrected chi connectivity index (χ0v) is 10.0. The number of benzene rings is 1. The molecule has 0 radical (unpaired) electrons. The molecular weight excluding hydrogens is 218 g/mol. The van der Waals surface area contributed by atoms with Crippen molar-refractivity contribution in [3.8, 4) is 5.75 Å². The highest BCUT2D eigenvalue weighted by atomic mass is 16.5. The molecule has 1 heterocycles. The van der Waals surface area contributed by atoms with Crippen LogP contribution < -0.4 is 10.5 Å². The van der Waals surface area contributed by atoms with E-state index in [4.69, 9.17) is 10.5 Å². The molecule has 1 aliphatic heterocycles. The van der Waals surface area contributed by atoms with E-state index in [1.807, 2.05) is 26.0 Å². The molecule has 2 rings (SSSR count). The molecule has 0 aliphatic carbocycles. The minimum atomic E-state index is -0.809. The molecule has 4 nitrogen and oxygen atoms in total. The topological polar surface area (TPSA) is 72.5 Å². The summed E-state index contributed by atoms with van der Waals surface area (Å²) in [5, 5.41) is 9.24. The van der Waals surface area contributed by atoms with E-state index in [0.29, 0.717) is 17.9 Å². The predicted molar refractivity (Wildman–Crippen MR) is 64.9 cm³/mol. The van der Waals surface area contributed by atoms with Crippen molar-refractivity contribution in [3.63, 3.8) is 0 Å². The Morgan fingerprint density at radius 2 is 2.24 bits per heavy atom. The van der Waals surface area contributed by atoms with Crippen molar-refractivity contribution >= 4 is 11.7 Å². The number of carboxylic acid groups (broad SMARTS) is 1. The first-order valence-electron chi connectivity index (χ1n) is 5.77. The van der Waals surface area contributed by atoms with Crippen molar-refractivity contribution in [2.24, 2.45) is 11.8 Å². The van der Waals surface area contributed by atoms with Crippen LogP contribution in [0, 0.1) is 11.8 Å². The minimum absolute atomic E-state index is 0.142. The second-order valence-electron chi connectivity index (χ2n) is 4.81. The summed E-state index contributed by atoms with van der Waals surface area (Å²) in [6.07, 6.45) is 0.170. The maximum Gasteiger partial charge on any atom is 0.310 e. The van der Waals surface area contributed by atoms with Gasteiger partial charge in [0.25, 0.3) is 0 Å². The van der Waals surface area contributed by atoms with Gasteiger partial charge in [-0.05, 0) is 24.0 Å². The third-order valence-electron chi connectivity index (χ3n) is 3.19. The number of aliphatic carboxylic acids is 1. The zero-order chi connectivity index (χ0) is 12.6. The molecule has 17 heavy (non-hydrogen) atoms. The molecule has 2 unspecified atom stereocenters. The van der Waals surface area contributed by atoms with Crippen LogP contribution in [0.2, 0.25) is 0 Å². The van der Waals surface area contributed by atoms with Gasteiger partial charge in [-0.15, -0.1) is 0 Å². The SMILES string of the molecule is CC(C)C1Oc2c(N)cccc2CC1C(=O)O. The van der Waals surface area contributed by atoms with E-state index in [9.17, 15) is 9.90 Å². The van der Waals surface area contributed by atoms with Crippen LogP contribution in [0.15, 0.2) is 18.2 Å². The van der Waals surface area contributed by atoms with Crippen molar-refractivity contribution in [2.75, 3.05) is 5.73 Å². The van der Waals surface area contributed by atoms with E-state index in [1.165, 1.54) is 0 Å². The van der Waals surface area contributed by atoms with E-state index in [-0.39, 0.29) is 12.0 Å². The van der Waals surface area contributed by atoms with Crippen LogP contribution in [0.5, 0.6) is 5.75 Å². The second kappa shape index (κ2) is 4.28. The molecule has 3 N–H and O–H groups in total. The smallest absolute Gasteiger partial charge is 0.310 e. The number of nitrogens with two attached hydrogens (primary N) is 1. The minimum Gasteiger partial charge on any atom is -0.487 e. The molecule has 0 amide bonds. The monoisotopic (exact) mass is 235 g/mol. The van der Waals surface area contributed by atoms with Gasteiger partial charge in [-0.3, -0.25) is 4.79 Å². The first-order valence-corrected chi connectivity index (χ1v) is 5.77. The van der Waals surface area contributed by atoms with Gasteiger partial charge in [-0.2, -0.15) is 0 Å². The lowest BCUT2D eigenvalue weighted by Gasteiger charge is -2.34. The van der Waals surface area contributed by atoms with E-state index < -0.39 is 11.9 Å². The molecule has 0 aromatic heterocycles. The Labute approximate surface area is 100 Å². The van der Waals surface area contributed by atoms with Gasteiger partial charge in [-0.25, -0.2) is 0 Å². The Balaban J connectivity index is 2.40. The highest BCUT2D eigenvalue weighted by molar-refractivity contribution is 5.73. The average Bonchev–Trinajstić information content (AvgIpc) is 2.27. The Bertz CT molecular complexity index is 442. The molecule has 1 aromatic rings. The second-order valence-corrected chi connectivity index (χ2v) is 4.81. The molecule has 1 aromatic carbocycles. The Kier molecular flexibility index (Phi) is 2.96. The number of carboxylic acids is 1. The number of anilines is 1.